The van der Waals surface area contributed by atoms with Gasteiger partial charge < -0.3 is 19.9 Å². The summed E-state index contributed by atoms with van der Waals surface area (Å²) in [7, 11) is 0. The van der Waals surface area contributed by atoms with E-state index >= 15 is 0 Å². The normalized spacial score (nSPS) is 13.7. The Bertz CT molecular complexity index is 524. The van der Waals surface area contributed by atoms with Gasteiger partial charge >= 0.3 is 12.1 Å². The molecule has 0 aliphatic heterocycles. The number of aliphatic hydroxyl groups excluding tert-OH is 1. The van der Waals surface area contributed by atoms with Crippen molar-refractivity contribution in [2.75, 3.05) is 6.61 Å². The van der Waals surface area contributed by atoms with Gasteiger partial charge in [-0.15, -0.1) is 0 Å². The second-order valence-corrected chi connectivity index (χ2v) is 6.52. The maximum Gasteiger partial charge on any atom is 0.407 e. The molecule has 0 aromatic heterocycles. The van der Waals surface area contributed by atoms with Crippen LogP contribution in [0, 0.1) is 0 Å². The molecule has 1 aromatic carbocycles. The Labute approximate surface area is 143 Å². The zero-order chi connectivity index (χ0) is 18.2. The van der Waals surface area contributed by atoms with E-state index in [4.69, 9.17) is 9.47 Å². The number of esters is 1. The highest BCUT2D eigenvalue weighted by molar-refractivity contribution is 5.71. The lowest BCUT2D eigenvalue weighted by atomic mass is 9.99. The molecule has 0 aliphatic carbocycles. The van der Waals surface area contributed by atoms with E-state index in [1.54, 1.807) is 27.7 Å². The van der Waals surface area contributed by atoms with Gasteiger partial charge in [0.1, 0.15) is 5.60 Å². The Hall–Kier alpha value is -2.08. The Balaban J connectivity index is 2.78. The largest absolute Gasteiger partial charge is 0.466 e. The first-order valence-electron chi connectivity index (χ1n) is 8.08. The molecule has 0 spiro atoms. The Morgan fingerprint density at radius 3 is 2.38 bits per heavy atom. The molecule has 6 nitrogen and oxygen atoms in total. The third kappa shape index (κ3) is 7.97. The molecule has 0 saturated carbocycles. The summed E-state index contributed by atoms with van der Waals surface area (Å²) in [4.78, 5) is 23.6. The number of amides is 1. The number of alkyl carbamates (subject to hydrolysis) is 1. The van der Waals surface area contributed by atoms with Crippen molar-refractivity contribution in [1.29, 1.82) is 0 Å². The second-order valence-electron chi connectivity index (χ2n) is 6.52. The number of rotatable bonds is 7. The van der Waals surface area contributed by atoms with Crippen molar-refractivity contribution in [1.82, 2.24) is 5.32 Å². The number of hydrogen-bond acceptors (Lipinski definition) is 5. The summed E-state index contributed by atoms with van der Waals surface area (Å²) in [5, 5.41) is 13.0. The SMILES string of the molecule is CCOC(=O)C[C@@H](O)[C@H](Cc1ccccc1)NC(=O)OC(C)(C)C. The highest BCUT2D eigenvalue weighted by Gasteiger charge is 2.27. The van der Waals surface area contributed by atoms with Crippen molar-refractivity contribution in [2.45, 2.75) is 58.3 Å². The molecule has 6 heteroatoms. The minimum Gasteiger partial charge on any atom is -0.466 e. The van der Waals surface area contributed by atoms with Gasteiger partial charge in [0.05, 0.1) is 25.2 Å². The molecule has 1 aromatic rings. The van der Waals surface area contributed by atoms with Gasteiger partial charge in [0.25, 0.3) is 0 Å². The van der Waals surface area contributed by atoms with Crippen molar-refractivity contribution in [3.8, 4) is 0 Å². The van der Waals surface area contributed by atoms with Crippen LogP contribution in [0.5, 0.6) is 0 Å². The number of hydrogen-bond donors (Lipinski definition) is 2. The molecule has 2 atom stereocenters. The van der Waals surface area contributed by atoms with Crippen LogP contribution < -0.4 is 5.32 Å². The molecule has 0 heterocycles. The summed E-state index contributed by atoms with van der Waals surface area (Å²) in [6.45, 7) is 7.22. The van der Waals surface area contributed by atoms with E-state index in [1.807, 2.05) is 30.3 Å². The summed E-state index contributed by atoms with van der Waals surface area (Å²) in [6.07, 6.45) is -1.52. The molecule has 0 fully saturated rings. The fourth-order valence-corrected chi connectivity index (χ4v) is 2.14. The van der Waals surface area contributed by atoms with Crippen molar-refractivity contribution in [3.63, 3.8) is 0 Å². The van der Waals surface area contributed by atoms with Crippen LogP contribution >= 0.6 is 0 Å². The molecule has 1 amide bonds. The predicted octanol–water partition coefficient (Wildman–Crippen LogP) is 2.44. The standard InChI is InChI=1S/C18H27NO5/c1-5-23-16(21)12-15(20)14(11-13-9-7-6-8-10-13)19-17(22)24-18(2,3)4/h6-10,14-15,20H,5,11-12H2,1-4H3,(H,19,22)/t14-,15+/m0/s1. The Kier molecular flexibility index (Phi) is 7.71. The van der Waals surface area contributed by atoms with Crippen LogP contribution in [-0.4, -0.2) is 41.5 Å². The predicted molar refractivity (Wildman–Crippen MR) is 90.6 cm³/mol. The summed E-state index contributed by atoms with van der Waals surface area (Å²) < 4.78 is 10.1. The molecule has 2 N–H and O–H groups in total. The first kappa shape index (κ1) is 20.0. The molecule has 0 radical (unpaired) electrons. The van der Waals surface area contributed by atoms with Crippen LogP contribution in [0.3, 0.4) is 0 Å². The van der Waals surface area contributed by atoms with E-state index in [0.29, 0.717) is 6.42 Å². The lowest BCUT2D eigenvalue weighted by molar-refractivity contribution is -0.145. The first-order valence-corrected chi connectivity index (χ1v) is 8.08. The number of benzene rings is 1. The highest BCUT2D eigenvalue weighted by atomic mass is 16.6. The number of carbonyl (C=O) groups is 2. The van der Waals surface area contributed by atoms with Gasteiger partial charge in [-0.05, 0) is 39.7 Å². The summed E-state index contributed by atoms with van der Waals surface area (Å²) in [5.41, 5.74) is 0.287. The van der Waals surface area contributed by atoms with Crippen LogP contribution in [-0.2, 0) is 20.7 Å². The quantitative estimate of drug-likeness (QED) is 0.747. The van der Waals surface area contributed by atoms with Gasteiger partial charge in [-0.1, -0.05) is 30.3 Å². The van der Waals surface area contributed by atoms with E-state index in [9.17, 15) is 14.7 Å². The van der Waals surface area contributed by atoms with Crippen LogP contribution in [0.4, 0.5) is 4.79 Å². The number of nitrogens with one attached hydrogen (secondary N) is 1. The molecular formula is C18H27NO5. The molecule has 0 unspecified atom stereocenters. The summed E-state index contributed by atoms with van der Waals surface area (Å²) in [6, 6.07) is 8.75. The average Bonchev–Trinajstić information content (AvgIpc) is 2.45. The van der Waals surface area contributed by atoms with Crippen molar-refractivity contribution >= 4 is 12.1 Å². The van der Waals surface area contributed by atoms with Crippen LogP contribution in [0.25, 0.3) is 0 Å². The second kappa shape index (κ2) is 9.27. The number of carbonyl (C=O) groups excluding carboxylic acids is 2. The zero-order valence-corrected chi connectivity index (χ0v) is 14.7. The van der Waals surface area contributed by atoms with Crippen LogP contribution in [0.1, 0.15) is 39.7 Å². The Morgan fingerprint density at radius 1 is 1.21 bits per heavy atom. The van der Waals surface area contributed by atoms with Gasteiger partial charge in [0, 0.05) is 0 Å². The maximum atomic E-state index is 12.0. The molecule has 0 aliphatic rings. The minimum absolute atomic E-state index is 0.193. The lowest BCUT2D eigenvalue weighted by Crippen LogP contribution is -2.47. The third-order valence-electron chi connectivity index (χ3n) is 3.15. The topological polar surface area (TPSA) is 84.9 Å². The molecule has 24 heavy (non-hydrogen) atoms. The fourth-order valence-electron chi connectivity index (χ4n) is 2.14. The third-order valence-corrected chi connectivity index (χ3v) is 3.15. The van der Waals surface area contributed by atoms with Crippen molar-refractivity contribution in [2.24, 2.45) is 0 Å². The van der Waals surface area contributed by atoms with Gasteiger partial charge in [-0.2, -0.15) is 0 Å². The molecular weight excluding hydrogens is 310 g/mol. The molecule has 0 saturated heterocycles. The van der Waals surface area contributed by atoms with Gasteiger partial charge in [-0.3, -0.25) is 4.79 Å². The van der Waals surface area contributed by atoms with Crippen LogP contribution in [0.2, 0.25) is 0 Å². The van der Waals surface area contributed by atoms with E-state index in [0.717, 1.165) is 5.56 Å². The molecule has 134 valence electrons. The lowest BCUT2D eigenvalue weighted by Gasteiger charge is -2.26. The number of ether oxygens (including phenoxy) is 2. The summed E-state index contributed by atoms with van der Waals surface area (Å²) >= 11 is 0. The molecule has 1 rings (SSSR count). The van der Waals surface area contributed by atoms with Gasteiger partial charge in [0.2, 0.25) is 0 Å². The van der Waals surface area contributed by atoms with E-state index in [1.165, 1.54) is 0 Å². The average molecular weight is 337 g/mol. The van der Waals surface area contributed by atoms with E-state index in [-0.39, 0.29) is 13.0 Å². The highest BCUT2D eigenvalue weighted by Crippen LogP contribution is 2.12. The zero-order valence-electron chi connectivity index (χ0n) is 14.7. The van der Waals surface area contributed by atoms with Crippen molar-refractivity contribution < 1.29 is 24.2 Å². The summed E-state index contributed by atoms with van der Waals surface area (Å²) in [5.74, 6) is -0.506. The van der Waals surface area contributed by atoms with Gasteiger partial charge in [-0.25, -0.2) is 4.79 Å². The van der Waals surface area contributed by atoms with E-state index < -0.39 is 29.8 Å². The van der Waals surface area contributed by atoms with E-state index in [2.05, 4.69) is 5.32 Å². The smallest absolute Gasteiger partial charge is 0.407 e. The van der Waals surface area contributed by atoms with Crippen molar-refractivity contribution in [3.05, 3.63) is 35.9 Å². The number of aliphatic hydroxyl groups is 1. The fraction of sp³-hybridized carbons (Fsp3) is 0.556. The molecule has 0 bridgehead atoms. The first-order chi connectivity index (χ1) is 11.2. The monoisotopic (exact) mass is 337 g/mol. The Morgan fingerprint density at radius 2 is 1.83 bits per heavy atom. The maximum absolute atomic E-state index is 12.0. The van der Waals surface area contributed by atoms with Crippen LogP contribution in [0.15, 0.2) is 30.3 Å². The van der Waals surface area contributed by atoms with Gasteiger partial charge in [0.15, 0.2) is 0 Å². The minimum atomic E-state index is -1.07.